The van der Waals surface area contributed by atoms with Gasteiger partial charge in [-0.25, -0.2) is 0 Å². The van der Waals surface area contributed by atoms with Gasteiger partial charge in [-0.3, -0.25) is 14.4 Å². The highest BCUT2D eigenvalue weighted by atomic mass is 16.5. The van der Waals surface area contributed by atoms with E-state index in [9.17, 15) is 14.4 Å². The Morgan fingerprint density at radius 3 is 2.30 bits per heavy atom. The van der Waals surface area contributed by atoms with Crippen LogP contribution in [0.2, 0.25) is 0 Å². The van der Waals surface area contributed by atoms with E-state index in [0.717, 1.165) is 63.6 Å². The number of carbonyl (C=O) groups excluding carboxylic acids is 3. The third-order valence-corrected chi connectivity index (χ3v) is 10.9. The largest absolute Gasteiger partial charge is 0.492 e. The van der Waals surface area contributed by atoms with Crippen molar-refractivity contribution in [1.82, 2.24) is 19.3 Å². The smallest absolute Gasteiger partial charge is 0.257 e. The van der Waals surface area contributed by atoms with Crippen LogP contribution in [0.4, 0.5) is 5.69 Å². The predicted molar refractivity (Wildman–Crippen MR) is 213 cm³/mol. The maximum atomic E-state index is 14.8. The number of nitrogens with one attached hydrogen (secondary N) is 1. The van der Waals surface area contributed by atoms with Crippen LogP contribution in [0.5, 0.6) is 5.75 Å². The lowest BCUT2D eigenvalue weighted by atomic mass is 9.89. The standard InChI is InChI=1S/C45H49N5O4/c1-30-23-33-11-9-10-12-35(33)29-50(30)45(53)41-26-36-28-49(43(51)24-32-15-17-38(18-16-32)54-22-21-47(3)4)20-19-34(36)25-40(41)42-27-39(31(2)48(42)5)44(52)46-37-13-7-6-8-14-37/h6-18,25-27,30H,19-24,28-29H2,1-5H3,(H,46,52)/t30-/m1/s1. The van der Waals surface area contributed by atoms with Crippen LogP contribution in [0.15, 0.2) is 97.1 Å². The van der Waals surface area contributed by atoms with E-state index in [1.54, 1.807) is 0 Å². The molecule has 1 N–H and O–H groups in total. The average Bonchev–Trinajstić information content (AvgIpc) is 3.47. The molecule has 0 saturated heterocycles. The highest BCUT2D eigenvalue weighted by Crippen LogP contribution is 2.35. The number of aromatic nitrogens is 1. The minimum atomic E-state index is -0.201. The number of fused-ring (bicyclic) bond motifs is 2. The van der Waals surface area contributed by atoms with Gasteiger partial charge in [0.05, 0.1) is 12.0 Å². The number of hydrogen-bond donors (Lipinski definition) is 1. The molecule has 4 aromatic carbocycles. The Morgan fingerprint density at radius 1 is 0.833 bits per heavy atom. The highest BCUT2D eigenvalue weighted by Gasteiger charge is 2.32. The van der Waals surface area contributed by atoms with Crippen LogP contribution in [0.1, 0.15) is 61.2 Å². The topological polar surface area (TPSA) is 87.1 Å². The minimum Gasteiger partial charge on any atom is -0.492 e. The summed E-state index contributed by atoms with van der Waals surface area (Å²) in [6.45, 7) is 7.00. The van der Waals surface area contributed by atoms with Gasteiger partial charge in [-0.15, -0.1) is 0 Å². The summed E-state index contributed by atoms with van der Waals surface area (Å²) < 4.78 is 7.84. The lowest BCUT2D eigenvalue weighted by Gasteiger charge is -2.36. The maximum Gasteiger partial charge on any atom is 0.257 e. The Morgan fingerprint density at radius 2 is 1.56 bits per heavy atom. The molecule has 9 nitrogen and oxygen atoms in total. The first-order valence-corrected chi connectivity index (χ1v) is 18.8. The van der Waals surface area contributed by atoms with Crippen molar-refractivity contribution in [2.24, 2.45) is 7.05 Å². The van der Waals surface area contributed by atoms with Crippen molar-refractivity contribution in [2.75, 3.05) is 39.1 Å². The summed E-state index contributed by atoms with van der Waals surface area (Å²) >= 11 is 0. The number of hydrogen-bond acceptors (Lipinski definition) is 5. The Labute approximate surface area is 318 Å². The molecule has 9 heteroatoms. The fourth-order valence-corrected chi connectivity index (χ4v) is 7.56. The van der Waals surface area contributed by atoms with Gasteiger partial charge in [0.15, 0.2) is 0 Å². The van der Waals surface area contributed by atoms with Crippen molar-refractivity contribution in [3.05, 3.63) is 142 Å². The van der Waals surface area contributed by atoms with E-state index >= 15 is 0 Å². The summed E-state index contributed by atoms with van der Waals surface area (Å²) in [6, 6.07) is 31.5. The van der Waals surface area contributed by atoms with Gasteiger partial charge in [-0.05, 0) is 111 Å². The Kier molecular flexibility index (Phi) is 10.7. The summed E-state index contributed by atoms with van der Waals surface area (Å²) in [5.74, 6) is 0.581. The number of amides is 3. The minimum absolute atomic E-state index is 0.00138. The number of carbonyl (C=O) groups is 3. The van der Waals surface area contributed by atoms with Crippen molar-refractivity contribution >= 4 is 23.4 Å². The second kappa shape index (κ2) is 15.7. The SMILES string of the molecule is Cc1c(C(=O)Nc2ccccc2)cc(-c2cc3c(cc2C(=O)N2Cc4ccccc4C[C@H]2C)CN(C(=O)Cc2ccc(OCCN(C)C)cc2)CC3)n1C. The van der Waals surface area contributed by atoms with E-state index in [2.05, 4.69) is 41.4 Å². The molecule has 0 bridgehead atoms. The van der Waals surface area contributed by atoms with Crippen molar-refractivity contribution in [1.29, 1.82) is 0 Å². The zero-order chi connectivity index (χ0) is 37.9. The molecule has 5 aromatic rings. The number of benzene rings is 4. The zero-order valence-corrected chi connectivity index (χ0v) is 31.9. The number of rotatable bonds is 10. The molecule has 54 heavy (non-hydrogen) atoms. The van der Waals surface area contributed by atoms with Gasteiger partial charge in [-0.2, -0.15) is 0 Å². The lowest BCUT2D eigenvalue weighted by Crippen LogP contribution is -2.43. The molecule has 3 amide bonds. The van der Waals surface area contributed by atoms with Crippen molar-refractivity contribution in [3.63, 3.8) is 0 Å². The van der Waals surface area contributed by atoms with Crippen molar-refractivity contribution < 1.29 is 19.1 Å². The second-order valence-electron chi connectivity index (χ2n) is 14.9. The first-order chi connectivity index (χ1) is 26.0. The molecule has 1 atom stereocenters. The molecule has 0 saturated carbocycles. The normalized spacial score (nSPS) is 15.1. The number of para-hydroxylation sites is 1. The predicted octanol–water partition coefficient (Wildman–Crippen LogP) is 6.91. The van der Waals surface area contributed by atoms with Crippen LogP contribution in [0.25, 0.3) is 11.3 Å². The van der Waals surface area contributed by atoms with E-state index in [1.165, 1.54) is 5.56 Å². The molecule has 0 radical (unpaired) electrons. The Balaban J connectivity index is 1.18. The molecular formula is C45H49N5O4. The van der Waals surface area contributed by atoms with Gasteiger partial charge in [0, 0.05) is 67.5 Å². The first-order valence-electron chi connectivity index (χ1n) is 18.8. The third-order valence-electron chi connectivity index (χ3n) is 10.9. The summed E-state index contributed by atoms with van der Waals surface area (Å²) in [6.07, 6.45) is 1.73. The van der Waals surface area contributed by atoms with E-state index in [0.29, 0.717) is 50.2 Å². The zero-order valence-electron chi connectivity index (χ0n) is 31.9. The molecule has 0 aliphatic carbocycles. The van der Waals surface area contributed by atoms with E-state index in [1.807, 2.05) is 115 Å². The van der Waals surface area contributed by atoms with Gasteiger partial charge in [0.1, 0.15) is 12.4 Å². The van der Waals surface area contributed by atoms with Gasteiger partial charge in [0.2, 0.25) is 5.91 Å². The van der Waals surface area contributed by atoms with E-state index < -0.39 is 0 Å². The van der Waals surface area contributed by atoms with E-state index in [4.69, 9.17) is 4.74 Å². The Hall–Kier alpha value is -5.67. The molecular weight excluding hydrogens is 675 g/mol. The summed E-state index contributed by atoms with van der Waals surface area (Å²) in [4.78, 5) is 48.0. The summed E-state index contributed by atoms with van der Waals surface area (Å²) in [5.41, 5.74) is 9.69. The number of ether oxygens (including phenoxy) is 1. The molecule has 0 fully saturated rings. The summed E-state index contributed by atoms with van der Waals surface area (Å²) in [5, 5.41) is 3.02. The highest BCUT2D eigenvalue weighted by molar-refractivity contribution is 6.07. The average molecular weight is 724 g/mol. The number of nitrogens with zero attached hydrogens (tertiary/aromatic N) is 4. The second-order valence-corrected chi connectivity index (χ2v) is 14.9. The summed E-state index contributed by atoms with van der Waals surface area (Å²) in [7, 11) is 5.97. The molecule has 7 rings (SSSR count). The maximum absolute atomic E-state index is 14.8. The first kappa shape index (κ1) is 36.7. The Bertz CT molecular complexity index is 2170. The molecule has 0 unspecified atom stereocenters. The van der Waals surface area contributed by atoms with E-state index in [-0.39, 0.29) is 23.8 Å². The van der Waals surface area contributed by atoms with Gasteiger partial charge in [-0.1, -0.05) is 54.6 Å². The number of likely N-dealkylation sites (N-methyl/N-ethyl adjacent to an activating group) is 1. The monoisotopic (exact) mass is 723 g/mol. The van der Waals surface area contributed by atoms with Gasteiger partial charge in [0.25, 0.3) is 11.8 Å². The van der Waals surface area contributed by atoms with Gasteiger partial charge < -0.3 is 29.3 Å². The van der Waals surface area contributed by atoms with Crippen molar-refractivity contribution in [2.45, 2.75) is 52.2 Å². The van der Waals surface area contributed by atoms with Crippen molar-refractivity contribution in [3.8, 4) is 17.0 Å². The lowest BCUT2D eigenvalue weighted by molar-refractivity contribution is -0.131. The van der Waals surface area contributed by atoms with Gasteiger partial charge >= 0.3 is 0 Å². The quantitative estimate of drug-likeness (QED) is 0.169. The molecule has 2 aliphatic rings. The van der Waals surface area contributed by atoms with Crippen LogP contribution < -0.4 is 10.1 Å². The molecule has 0 spiro atoms. The molecule has 278 valence electrons. The van der Waals surface area contributed by atoms with Crippen LogP contribution in [0.3, 0.4) is 0 Å². The third kappa shape index (κ3) is 7.82. The fraction of sp³-hybridized carbons (Fsp3) is 0.311. The molecule has 2 aliphatic heterocycles. The molecule has 3 heterocycles. The van der Waals surface area contributed by atoms with Crippen LogP contribution >= 0.6 is 0 Å². The fourth-order valence-electron chi connectivity index (χ4n) is 7.56. The van der Waals surface area contributed by atoms with Crippen LogP contribution in [-0.4, -0.2) is 76.8 Å². The molecule has 1 aromatic heterocycles. The van der Waals surface area contributed by atoms with Crippen LogP contribution in [-0.2, 0) is 44.2 Å². The number of anilines is 1. The van der Waals surface area contributed by atoms with Crippen LogP contribution in [0, 0.1) is 6.92 Å².